The standard InChI is InChI=1S/C23H31BFNO2.CO2/c25-23-19(9-6-10-21(23)18-7-2-1-3-8-18)13-12-17-15-20(16-17)22(26)11-4-5-14-24(27)28;2-1-3/h1-3,6-10,17,20,22,27-28H,4-5,11-16,26H2;. The zero-order chi connectivity index (χ0) is 22.6. The Morgan fingerprint density at radius 1 is 1.06 bits per heavy atom. The van der Waals surface area contributed by atoms with E-state index in [4.69, 9.17) is 25.4 Å². The lowest BCUT2D eigenvalue weighted by molar-refractivity contribution is -0.191. The van der Waals surface area contributed by atoms with Crippen molar-refractivity contribution in [2.24, 2.45) is 17.6 Å². The quantitative estimate of drug-likeness (QED) is 0.395. The Labute approximate surface area is 183 Å². The van der Waals surface area contributed by atoms with Crippen LogP contribution in [0.5, 0.6) is 0 Å². The summed E-state index contributed by atoms with van der Waals surface area (Å²) in [7, 11) is -1.20. The molecule has 0 aromatic heterocycles. The SMILES string of the molecule is NC(CCCCB(O)O)C1CC(CCc2cccc(-c3ccccc3)c2F)C1.O=C=O. The third-order valence-corrected chi connectivity index (χ3v) is 6.11. The fraction of sp³-hybridized carbons (Fsp3) is 0.458. The lowest BCUT2D eigenvalue weighted by Gasteiger charge is -2.39. The topological polar surface area (TPSA) is 101 Å². The fourth-order valence-corrected chi connectivity index (χ4v) is 4.29. The average molecular weight is 427 g/mol. The van der Waals surface area contributed by atoms with Gasteiger partial charge in [0.25, 0.3) is 0 Å². The number of benzene rings is 2. The maximum Gasteiger partial charge on any atom is 0.451 e. The highest BCUT2D eigenvalue weighted by Crippen LogP contribution is 2.40. The van der Waals surface area contributed by atoms with Gasteiger partial charge in [-0.25, -0.2) is 4.39 Å². The molecule has 0 radical (unpaired) electrons. The second-order valence-corrected chi connectivity index (χ2v) is 8.29. The van der Waals surface area contributed by atoms with Crippen LogP contribution in [0.15, 0.2) is 48.5 Å². The second-order valence-electron chi connectivity index (χ2n) is 8.29. The zero-order valence-corrected chi connectivity index (χ0v) is 17.8. The van der Waals surface area contributed by atoms with Crippen molar-refractivity contribution in [2.45, 2.75) is 57.3 Å². The minimum atomic E-state index is -1.20. The number of aryl methyl sites for hydroxylation is 1. The number of nitrogens with two attached hydrogens (primary N) is 1. The van der Waals surface area contributed by atoms with Gasteiger partial charge in [-0.1, -0.05) is 61.4 Å². The van der Waals surface area contributed by atoms with E-state index in [1.54, 1.807) is 0 Å². The normalized spacial score (nSPS) is 18.2. The van der Waals surface area contributed by atoms with E-state index < -0.39 is 7.12 Å². The molecule has 0 spiro atoms. The van der Waals surface area contributed by atoms with Crippen molar-refractivity contribution < 1.29 is 24.0 Å². The van der Waals surface area contributed by atoms with E-state index in [0.29, 0.717) is 23.7 Å². The summed E-state index contributed by atoms with van der Waals surface area (Å²) < 4.78 is 14.9. The van der Waals surface area contributed by atoms with Crippen LogP contribution in [-0.4, -0.2) is 29.4 Å². The molecule has 1 aliphatic carbocycles. The van der Waals surface area contributed by atoms with Crippen molar-refractivity contribution in [1.29, 1.82) is 0 Å². The van der Waals surface area contributed by atoms with Crippen LogP contribution in [0.1, 0.15) is 44.1 Å². The smallest absolute Gasteiger partial charge is 0.427 e. The molecule has 31 heavy (non-hydrogen) atoms. The van der Waals surface area contributed by atoms with Crippen molar-refractivity contribution in [3.8, 4) is 11.1 Å². The van der Waals surface area contributed by atoms with Crippen LogP contribution in [0.3, 0.4) is 0 Å². The summed E-state index contributed by atoms with van der Waals surface area (Å²) in [5, 5.41) is 17.7. The lowest BCUT2D eigenvalue weighted by atomic mass is 9.68. The van der Waals surface area contributed by atoms with Gasteiger partial charge in [0.2, 0.25) is 0 Å². The molecule has 1 aliphatic rings. The molecule has 0 aliphatic heterocycles. The largest absolute Gasteiger partial charge is 0.451 e. The van der Waals surface area contributed by atoms with Crippen LogP contribution in [0, 0.1) is 17.7 Å². The Hall–Kier alpha value is -2.31. The summed E-state index contributed by atoms with van der Waals surface area (Å²) >= 11 is 0. The summed E-state index contributed by atoms with van der Waals surface area (Å²) in [6, 6.07) is 15.6. The van der Waals surface area contributed by atoms with Crippen molar-refractivity contribution >= 4 is 13.3 Å². The number of carbonyl (C=O) groups excluding carboxylic acids is 2. The summed E-state index contributed by atoms with van der Waals surface area (Å²) in [5.74, 6) is 1.10. The summed E-state index contributed by atoms with van der Waals surface area (Å²) in [4.78, 5) is 16.2. The van der Waals surface area contributed by atoms with Crippen molar-refractivity contribution in [3.63, 3.8) is 0 Å². The van der Waals surface area contributed by atoms with E-state index in [1.165, 1.54) is 0 Å². The first-order valence-corrected chi connectivity index (χ1v) is 10.9. The molecule has 0 heterocycles. The minimum Gasteiger partial charge on any atom is -0.427 e. The molecule has 1 unspecified atom stereocenters. The maximum absolute atomic E-state index is 14.9. The highest BCUT2D eigenvalue weighted by atomic mass is 19.1. The minimum absolute atomic E-state index is 0.0904. The van der Waals surface area contributed by atoms with Crippen LogP contribution < -0.4 is 5.73 Å². The van der Waals surface area contributed by atoms with E-state index >= 15 is 0 Å². The third-order valence-electron chi connectivity index (χ3n) is 6.11. The van der Waals surface area contributed by atoms with Gasteiger partial charge < -0.3 is 15.8 Å². The van der Waals surface area contributed by atoms with Crippen LogP contribution in [0.25, 0.3) is 11.1 Å². The first-order valence-electron chi connectivity index (χ1n) is 10.9. The maximum atomic E-state index is 14.9. The van der Waals surface area contributed by atoms with Gasteiger partial charge in [-0.05, 0) is 61.4 Å². The molecule has 166 valence electrons. The predicted octanol–water partition coefficient (Wildman–Crippen LogP) is 3.84. The molecular weight excluding hydrogens is 396 g/mol. The molecular formula is C24H31BFNO4. The van der Waals surface area contributed by atoms with Crippen LogP contribution in [-0.2, 0) is 16.0 Å². The van der Waals surface area contributed by atoms with Crippen molar-refractivity contribution in [1.82, 2.24) is 0 Å². The molecule has 7 heteroatoms. The van der Waals surface area contributed by atoms with Gasteiger partial charge in [0, 0.05) is 11.6 Å². The molecule has 0 bridgehead atoms. The summed E-state index contributed by atoms with van der Waals surface area (Å²) in [6.45, 7) is 0. The van der Waals surface area contributed by atoms with E-state index in [0.717, 1.165) is 56.1 Å². The average Bonchev–Trinajstić information content (AvgIpc) is 2.72. The molecule has 1 fully saturated rings. The Morgan fingerprint density at radius 2 is 1.74 bits per heavy atom. The number of unbranched alkanes of at least 4 members (excludes halogenated alkanes) is 1. The van der Waals surface area contributed by atoms with Crippen molar-refractivity contribution in [3.05, 3.63) is 59.9 Å². The van der Waals surface area contributed by atoms with Crippen LogP contribution in [0.4, 0.5) is 4.39 Å². The Morgan fingerprint density at radius 3 is 2.39 bits per heavy atom. The highest BCUT2D eigenvalue weighted by Gasteiger charge is 2.32. The van der Waals surface area contributed by atoms with Crippen LogP contribution >= 0.6 is 0 Å². The highest BCUT2D eigenvalue weighted by molar-refractivity contribution is 6.40. The van der Waals surface area contributed by atoms with Crippen LogP contribution in [0.2, 0.25) is 6.32 Å². The molecule has 0 amide bonds. The number of halogens is 1. The van der Waals surface area contributed by atoms with E-state index in [2.05, 4.69) is 0 Å². The first-order chi connectivity index (χ1) is 15.0. The predicted molar refractivity (Wildman–Crippen MR) is 118 cm³/mol. The summed E-state index contributed by atoms with van der Waals surface area (Å²) in [5.41, 5.74) is 8.69. The van der Waals surface area contributed by atoms with Gasteiger partial charge in [-0.3, -0.25) is 0 Å². The van der Waals surface area contributed by atoms with Gasteiger partial charge in [-0.15, -0.1) is 0 Å². The van der Waals surface area contributed by atoms with Gasteiger partial charge in [-0.2, -0.15) is 9.59 Å². The molecule has 4 N–H and O–H groups in total. The Kier molecular flexibility index (Phi) is 10.6. The van der Waals surface area contributed by atoms with E-state index in [9.17, 15) is 4.39 Å². The number of rotatable bonds is 10. The number of hydrogen-bond acceptors (Lipinski definition) is 5. The molecule has 1 atom stereocenters. The second kappa shape index (κ2) is 13.2. The van der Waals surface area contributed by atoms with Gasteiger partial charge in [0.15, 0.2) is 0 Å². The Bertz CT molecular complexity index is 822. The van der Waals surface area contributed by atoms with E-state index in [-0.39, 0.29) is 18.0 Å². The molecule has 5 nitrogen and oxygen atoms in total. The monoisotopic (exact) mass is 427 g/mol. The van der Waals surface area contributed by atoms with Gasteiger partial charge in [0.05, 0.1) is 0 Å². The van der Waals surface area contributed by atoms with E-state index in [1.807, 2.05) is 48.5 Å². The Balaban J connectivity index is 0.00000107. The molecule has 3 rings (SSSR count). The summed E-state index contributed by atoms with van der Waals surface area (Å²) in [6.07, 6.45) is 7.40. The molecule has 2 aromatic rings. The zero-order valence-electron chi connectivity index (χ0n) is 17.8. The third kappa shape index (κ3) is 8.04. The first kappa shape index (κ1) is 25.0. The van der Waals surface area contributed by atoms with Gasteiger partial charge >= 0.3 is 13.3 Å². The fourth-order valence-electron chi connectivity index (χ4n) is 4.29. The molecule has 1 saturated carbocycles. The number of hydrogen-bond donors (Lipinski definition) is 3. The lowest BCUT2D eigenvalue weighted by Crippen LogP contribution is -2.39. The van der Waals surface area contributed by atoms with Gasteiger partial charge in [0.1, 0.15) is 5.82 Å². The molecule has 2 aromatic carbocycles. The van der Waals surface area contributed by atoms with Crippen molar-refractivity contribution in [2.75, 3.05) is 0 Å². The molecule has 0 saturated heterocycles.